The number of nitrogens with zero attached hydrogens (tertiary/aromatic N) is 4. The largest absolute Gasteiger partial charge is 0.445 e. The van der Waals surface area contributed by atoms with Crippen LogP contribution in [0.15, 0.2) is 15.5 Å². The van der Waals surface area contributed by atoms with E-state index in [4.69, 9.17) is 4.74 Å². The molecule has 3 unspecified atom stereocenters. The number of aliphatic imine (C=N–C) groups is 1. The van der Waals surface area contributed by atoms with Gasteiger partial charge in [0.1, 0.15) is 6.21 Å². The van der Waals surface area contributed by atoms with Crippen molar-refractivity contribution < 1.29 is 23.7 Å². The third-order valence-electron chi connectivity index (χ3n) is 5.33. The van der Waals surface area contributed by atoms with Crippen molar-refractivity contribution in [2.24, 2.45) is 10.9 Å². The molecular formula is C20H29N4O4S+. The maximum atomic E-state index is 12.9. The Kier molecular flexibility index (Phi) is 6.58. The zero-order valence-electron chi connectivity index (χ0n) is 17.7. The number of allylic oxidation sites excluding steroid dienone is 1. The quantitative estimate of drug-likeness (QED) is 0.632. The number of amides is 4. The molecule has 0 aliphatic carbocycles. The number of rotatable bonds is 5. The molecule has 3 atom stereocenters. The van der Waals surface area contributed by atoms with Gasteiger partial charge in [-0.3, -0.25) is 9.59 Å². The standard InChI is InChI=1S/C20H29N4O4S/c1-6-7-14-8-21-18-16(19(26)23(5)20(27)22(18)4)17(14)29-11-15(25)24-9-12(2)28-13(3)10-24/h8,12-13,16H,6-7,9-11H2,1-5H3/q+1. The maximum absolute atomic E-state index is 12.9. The molecule has 0 aromatic rings. The first kappa shape index (κ1) is 21.7. The Hall–Kier alpha value is -2.00. The van der Waals surface area contributed by atoms with Crippen LogP contribution in [0, 0.1) is 5.92 Å². The second-order valence-electron chi connectivity index (χ2n) is 7.77. The van der Waals surface area contributed by atoms with Gasteiger partial charge in [0, 0.05) is 18.0 Å². The molecule has 1 saturated heterocycles. The first-order chi connectivity index (χ1) is 13.7. The molecule has 3 aliphatic heterocycles. The van der Waals surface area contributed by atoms with E-state index in [-0.39, 0.29) is 29.8 Å². The fourth-order valence-corrected chi connectivity index (χ4v) is 5.12. The average Bonchev–Trinajstić information content (AvgIpc) is 2.68. The van der Waals surface area contributed by atoms with Gasteiger partial charge in [-0.2, -0.15) is 9.48 Å². The zero-order valence-corrected chi connectivity index (χ0v) is 18.5. The van der Waals surface area contributed by atoms with Crippen LogP contribution in [0.2, 0.25) is 0 Å². The van der Waals surface area contributed by atoms with Gasteiger partial charge in [-0.1, -0.05) is 13.3 Å². The van der Waals surface area contributed by atoms with Crippen LogP contribution >= 0.6 is 11.8 Å². The molecule has 9 heteroatoms. The van der Waals surface area contributed by atoms with Crippen molar-refractivity contribution in [3.05, 3.63) is 10.5 Å². The number of hydrogen-bond donors (Lipinski definition) is 0. The summed E-state index contributed by atoms with van der Waals surface area (Å²) in [4.78, 5) is 46.3. The third kappa shape index (κ3) is 4.30. The second kappa shape index (κ2) is 8.79. The van der Waals surface area contributed by atoms with Crippen LogP contribution < -0.4 is 0 Å². The number of urea groups is 1. The van der Waals surface area contributed by atoms with Crippen LogP contribution in [0.25, 0.3) is 0 Å². The van der Waals surface area contributed by atoms with Gasteiger partial charge in [0.25, 0.3) is 5.84 Å². The molecule has 4 amide bonds. The molecule has 3 aliphatic rings. The smallest absolute Gasteiger partial charge is 0.372 e. The molecule has 0 saturated carbocycles. The number of amidine groups is 1. The Morgan fingerprint density at radius 2 is 1.97 bits per heavy atom. The summed E-state index contributed by atoms with van der Waals surface area (Å²) in [5.74, 6) is -0.215. The first-order valence-electron chi connectivity index (χ1n) is 9.99. The lowest BCUT2D eigenvalue weighted by atomic mass is 9.96. The number of thioether (sulfide) groups is 1. The van der Waals surface area contributed by atoms with Gasteiger partial charge >= 0.3 is 11.9 Å². The second-order valence-corrected chi connectivity index (χ2v) is 8.79. The lowest BCUT2D eigenvalue weighted by Gasteiger charge is -2.35. The van der Waals surface area contributed by atoms with Crippen molar-refractivity contribution in [2.75, 3.05) is 32.9 Å². The van der Waals surface area contributed by atoms with Gasteiger partial charge < -0.3 is 9.64 Å². The van der Waals surface area contributed by atoms with E-state index in [9.17, 15) is 14.4 Å². The van der Waals surface area contributed by atoms with E-state index >= 15 is 0 Å². The summed E-state index contributed by atoms with van der Waals surface area (Å²) in [6, 6.07) is -0.394. The fraction of sp³-hybridized carbons (Fsp3) is 0.650. The molecule has 8 nitrogen and oxygen atoms in total. The van der Waals surface area contributed by atoms with E-state index in [1.807, 2.05) is 18.7 Å². The minimum atomic E-state index is -0.630. The predicted molar refractivity (Wildman–Crippen MR) is 112 cm³/mol. The number of morpholine rings is 1. The zero-order chi connectivity index (χ0) is 21.3. The van der Waals surface area contributed by atoms with E-state index in [0.29, 0.717) is 18.9 Å². The highest BCUT2D eigenvalue weighted by Crippen LogP contribution is 2.36. The van der Waals surface area contributed by atoms with Crippen molar-refractivity contribution in [1.82, 2.24) is 9.80 Å². The Labute approximate surface area is 175 Å². The summed E-state index contributed by atoms with van der Waals surface area (Å²) in [5, 5.41) is 0. The maximum Gasteiger partial charge on any atom is 0.445 e. The van der Waals surface area contributed by atoms with Crippen LogP contribution in [0.3, 0.4) is 0 Å². The molecule has 158 valence electrons. The van der Waals surface area contributed by atoms with Crippen molar-refractivity contribution in [1.29, 1.82) is 0 Å². The van der Waals surface area contributed by atoms with Gasteiger partial charge in [0.15, 0.2) is 5.92 Å². The topological polar surface area (TPSA) is 82.3 Å². The lowest BCUT2D eigenvalue weighted by Crippen LogP contribution is -2.53. The number of carbonyl (C=O) groups is 3. The van der Waals surface area contributed by atoms with Crippen molar-refractivity contribution in [3.8, 4) is 0 Å². The Bertz CT molecular complexity index is 809. The fourth-order valence-electron chi connectivity index (χ4n) is 3.94. The number of dihydropyridines is 1. The number of ether oxygens (including phenoxy) is 1. The van der Waals surface area contributed by atoms with E-state index in [2.05, 4.69) is 11.9 Å². The normalized spacial score (nSPS) is 27.7. The third-order valence-corrected chi connectivity index (χ3v) is 6.53. The van der Waals surface area contributed by atoms with Gasteiger partial charge in [-0.15, -0.1) is 16.8 Å². The highest BCUT2D eigenvalue weighted by molar-refractivity contribution is 8.03. The molecule has 0 aromatic carbocycles. The molecule has 3 rings (SSSR count). The molecule has 0 spiro atoms. The highest BCUT2D eigenvalue weighted by atomic mass is 32.2. The summed E-state index contributed by atoms with van der Waals surface area (Å²) >= 11 is 1.39. The molecule has 0 N–H and O–H groups in total. The predicted octanol–water partition coefficient (Wildman–Crippen LogP) is 1.74. The summed E-state index contributed by atoms with van der Waals surface area (Å²) in [6.07, 6.45) is 3.43. The van der Waals surface area contributed by atoms with E-state index in [1.165, 1.54) is 23.4 Å². The Balaban J connectivity index is 1.84. The van der Waals surface area contributed by atoms with Crippen LogP contribution in [-0.2, 0) is 14.3 Å². The van der Waals surface area contributed by atoms with Crippen molar-refractivity contribution >= 4 is 41.7 Å². The van der Waals surface area contributed by atoms with Crippen LogP contribution in [0.5, 0.6) is 0 Å². The Morgan fingerprint density at radius 3 is 2.59 bits per heavy atom. The van der Waals surface area contributed by atoms with E-state index < -0.39 is 11.9 Å². The minimum absolute atomic E-state index is 0.0116. The van der Waals surface area contributed by atoms with E-state index in [1.54, 1.807) is 13.3 Å². The number of carbonyl (C=O) groups excluding carboxylic acids is 3. The number of fused-ring (bicyclic) bond motifs is 1. The van der Waals surface area contributed by atoms with Gasteiger partial charge in [-0.05, 0) is 25.8 Å². The molecule has 3 heterocycles. The molecule has 29 heavy (non-hydrogen) atoms. The van der Waals surface area contributed by atoms with Crippen LogP contribution in [0.4, 0.5) is 4.79 Å². The molecular weight excluding hydrogens is 392 g/mol. The van der Waals surface area contributed by atoms with E-state index in [0.717, 1.165) is 28.2 Å². The van der Waals surface area contributed by atoms with Gasteiger partial charge in [-0.25, -0.2) is 4.79 Å². The van der Waals surface area contributed by atoms with Gasteiger partial charge in [0.05, 0.1) is 32.1 Å². The van der Waals surface area contributed by atoms with Crippen molar-refractivity contribution in [2.45, 2.75) is 45.8 Å². The molecule has 0 radical (unpaired) electrons. The number of imide groups is 1. The van der Waals surface area contributed by atoms with Crippen LogP contribution in [0.1, 0.15) is 33.6 Å². The average molecular weight is 422 g/mol. The number of hydrogen-bond acceptors (Lipinski definition) is 6. The summed E-state index contributed by atoms with van der Waals surface area (Å²) in [7, 11) is 3.11. The summed E-state index contributed by atoms with van der Waals surface area (Å²) in [5.41, 5.74) is 0.965. The molecule has 0 bridgehead atoms. The van der Waals surface area contributed by atoms with Crippen LogP contribution in [-0.4, -0.2) is 89.4 Å². The SMILES string of the molecule is CCCC1=C(SCC(=O)N2CC(C)OC(C)C2)C2C(=O)N(C)C(=O)[N+](C)=C2N=C1. The molecule has 0 aromatic heterocycles. The summed E-state index contributed by atoms with van der Waals surface area (Å²) < 4.78 is 7.13. The highest BCUT2D eigenvalue weighted by Gasteiger charge is 2.48. The minimum Gasteiger partial charge on any atom is -0.372 e. The first-order valence-corrected chi connectivity index (χ1v) is 11.0. The Morgan fingerprint density at radius 1 is 1.31 bits per heavy atom. The summed E-state index contributed by atoms with van der Waals surface area (Å²) in [6.45, 7) is 7.15. The lowest BCUT2D eigenvalue weighted by molar-refractivity contribution is -0.407. The monoisotopic (exact) mass is 421 g/mol. The van der Waals surface area contributed by atoms with Gasteiger partial charge in [0.2, 0.25) is 5.91 Å². The van der Waals surface area contributed by atoms with Crippen molar-refractivity contribution in [3.63, 3.8) is 0 Å². The molecule has 1 fully saturated rings.